The van der Waals surface area contributed by atoms with Crippen LogP contribution < -0.4 is 0 Å². The molecule has 0 bridgehead atoms. The second kappa shape index (κ2) is 9.26. The van der Waals surface area contributed by atoms with Crippen LogP contribution in [0.15, 0.2) is 24.3 Å². The first-order valence-electron chi connectivity index (χ1n) is 8.43. The van der Waals surface area contributed by atoms with Crippen molar-refractivity contribution in [3.8, 4) is 0 Å². The zero-order valence-electron chi connectivity index (χ0n) is 14.0. The van der Waals surface area contributed by atoms with E-state index in [1.807, 2.05) is 6.92 Å². The lowest BCUT2D eigenvalue weighted by molar-refractivity contribution is 0.0290. The summed E-state index contributed by atoms with van der Waals surface area (Å²) in [5, 5.41) is 10.0. The first-order chi connectivity index (χ1) is 10.7. The molecule has 1 atom stereocenters. The largest absolute Gasteiger partial charge is 0.392 e. The number of aliphatic hydroxyl groups is 1. The molecule has 1 aromatic carbocycles. The van der Waals surface area contributed by atoms with Crippen molar-refractivity contribution in [2.24, 2.45) is 0 Å². The maximum atomic E-state index is 10.0. The second-order valence-corrected chi connectivity index (χ2v) is 6.24. The van der Waals surface area contributed by atoms with Crippen LogP contribution in [0.4, 0.5) is 0 Å². The lowest BCUT2D eigenvalue weighted by Crippen LogP contribution is -2.42. The minimum absolute atomic E-state index is 0.241. The van der Waals surface area contributed by atoms with Crippen molar-refractivity contribution < 1.29 is 9.84 Å². The molecule has 124 valence electrons. The van der Waals surface area contributed by atoms with Crippen molar-refractivity contribution in [2.45, 2.75) is 32.9 Å². The van der Waals surface area contributed by atoms with Crippen LogP contribution in [0.25, 0.3) is 0 Å². The maximum Gasteiger partial charge on any atom is 0.0664 e. The first-order valence-corrected chi connectivity index (χ1v) is 8.43. The van der Waals surface area contributed by atoms with Gasteiger partial charge in [0.2, 0.25) is 0 Å². The van der Waals surface area contributed by atoms with Crippen LogP contribution in [0.5, 0.6) is 0 Å². The van der Waals surface area contributed by atoms with Crippen LogP contribution in [-0.4, -0.2) is 66.9 Å². The fourth-order valence-electron chi connectivity index (χ4n) is 2.72. The molecule has 0 saturated carbocycles. The monoisotopic (exact) mass is 306 g/mol. The minimum Gasteiger partial charge on any atom is -0.392 e. The molecule has 4 heteroatoms. The van der Waals surface area contributed by atoms with Crippen LogP contribution >= 0.6 is 0 Å². The molecule has 0 spiro atoms. The second-order valence-electron chi connectivity index (χ2n) is 6.24. The van der Waals surface area contributed by atoms with Crippen molar-refractivity contribution in [3.05, 3.63) is 35.4 Å². The summed E-state index contributed by atoms with van der Waals surface area (Å²) in [6, 6.07) is 8.70. The van der Waals surface area contributed by atoms with Gasteiger partial charge in [-0.1, -0.05) is 36.8 Å². The van der Waals surface area contributed by atoms with Crippen LogP contribution in [0, 0.1) is 6.92 Å². The molecule has 22 heavy (non-hydrogen) atoms. The van der Waals surface area contributed by atoms with Gasteiger partial charge < -0.3 is 9.84 Å². The molecular formula is C18H30N2O2. The van der Waals surface area contributed by atoms with Gasteiger partial charge in [-0.3, -0.25) is 9.80 Å². The fraction of sp³-hybridized carbons (Fsp3) is 0.667. The minimum atomic E-state index is -0.241. The van der Waals surface area contributed by atoms with Crippen molar-refractivity contribution >= 4 is 0 Å². The van der Waals surface area contributed by atoms with E-state index in [0.717, 1.165) is 58.9 Å². The van der Waals surface area contributed by atoms with E-state index in [2.05, 4.69) is 41.0 Å². The highest BCUT2D eigenvalue weighted by Gasteiger charge is 2.15. The average Bonchev–Trinajstić information content (AvgIpc) is 2.55. The molecule has 0 radical (unpaired) electrons. The zero-order valence-corrected chi connectivity index (χ0v) is 14.0. The smallest absolute Gasteiger partial charge is 0.0664 e. The van der Waals surface area contributed by atoms with E-state index in [0.29, 0.717) is 0 Å². The third-order valence-corrected chi connectivity index (χ3v) is 4.30. The van der Waals surface area contributed by atoms with Crippen molar-refractivity contribution in [1.82, 2.24) is 9.80 Å². The van der Waals surface area contributed by atoms with Gasteiger partial charge in [0.1, 0.15) is 0 Å². The van der Waals surface area contributed by atoms with E-state index in [1.54, 1.807) is 0 Å². The topological polar surface area (TPSA) is 35.9 Å². The summed E-state index contributed by atoms with van der Waals surface area (Å²) in [4.78, 5) is 4.82. The number of nitrogens with zero attached hydrogens (tertiary/aromatic N) is 2. The van der Waals surface area contributed by atoms with E-state index >= 15 is 0 Å². The van der Waals surface area contributed by atoms with E-state index < -0.39 is 0 Å². The average molecular weight is 306 g/mol. The summed E-state index contributed by atoms with van der Waals surface area (Å²) in [6.45, 7) is 11.6. The molecule has 1 aliphatic heterocycles. The quantitative estimate of drug-likeness (QED) is 0.796. The Balaban J connectivity index is 1.88. The van der Waals surface area contributed by atoms with Gasteiger partial charge in [-0.25, -0.2) is 0 Å². The lowest BCUT2D eigenvalue weighted by atomic mass is 10.1. The summed E-state index contributed by atoms with van der Waals surface area (Å²) in [5.41, 5.74) is 2.60. The summed E-state index contributed by atoms with van der Waals surface area (Å²) >= 11 is 0. The number of rotatable bonds is 8. The molecule has 1 heterocycles. The highest BCUT2D eigenvalue weighted by atomic mass is 16.5. The number of morpholine rings is 1. The number of aryl methyl sites for hydroxylation is 1. The molecule has 0 amide bonds. The summed E-state index contributed by atoms with van der Waals surface area (Å²) < 4.78 is 5.40. The Bertz CT molecular complexity index is 416. The Morgan fingerprint density at radius 3 is 2.55 bits per heavy atom. The molecule has 0 aromatic heterocycles. The number of hydrogen-bond acceptors (Lipinski definition) is 4. The Morgan fingerprint density at radius 1 is 1.23 bits per heavy atom. The van der Waals surface area contributed by atoms with Gasteiger partial charge in [0.15, 0.2) is 0 Å². The number of hydrogen-bond donors (Lipinski definition) is 1. The van der Waals surface area contributed by atoms with Crippen molar-refractivity contribution in [3.63, 3.8) is 0 Å². The molecule has 1 N–H and O–H groups in total. The molecule has 1 aliphatic rings. The predicted octanol–water partition coefficient (Wildman–Crippen LogP) is 1.90. The van der Waals surface area contributed by atoms with Crippen LogP contribution in [0.1, 0.15) is 24.5 Å². The number of benzene rings is 1. The van der Waals surface area contributed by atoms with E-state index in [1.165, 1.54) is 11.1 Å². The summed E-state index contributed by atoms with van der Waals surface area (Å²) in [7, 11) is 0. The normalized spacial score (nSPS) is 17.8. The Hall–Kier alpha value is -0.940. The van der Waals surface area contributed by atoms with Gasteiger partial charge >= 0.3 is 0 Å². The third-order valence-electron chi connectivity index (χ3n) is 4.30. The Labute approximate surface area is 134 Å². The summed E-state index contributed by atoms with van der Waals surface area (Å²) in [5.74, 6) is 0. The highest BCUT2D eigenvalue weighted by Crippen LogP contribution is 2.09. The standard InChI is InChI=1S/C18H30N2O2/c1-3-18(21)15-20(9-8-19-10-12-22-13-11-19)14-17-6-4-16(2)5-7-17/h4-7,18,21H,3,8-15H2,1-2H3. The van der Waals surface area contributed by atoms with Gasteiger partial charge in [0, 0.05) is 39.3 Å². The highest BCUT2D eigenvalue weighted by molar-refractivity contribution is 5.21. The van der Waals surface area contributed by atoms with Crippen LogP contribution in [0.3, 0.4) is 0 Å². The lowest BCUT2D eigenvalue weighted by Gasteiger charge is -2.31. The van der Waals surface area contributed by atoms with E-state index in [4.69, 9.17) is 4.74 Å². The number of aliphatic hydroxyl groups excluding tert-OH is 1. The zero-order chi connectivity index (χ0) is 15.8. The Morgan fingerprint density at radius 2 is 1.91 bits per heavy atom. The van der Waals surface area contributed by atoms with Gasteiger partial charge in [-0.2, -0.15) is 0 Å². The third kappa shape index (κ3) is 6.05. The van der Waals surface area contributed by atoms with E-state index in [-0.39, 0.29) is 6.10 Å². The predicted molar refractivity (Wildman–Crippen MR) is 90.0 cm³/mol. The molecule has 1 unspecified atom stereocenters. The van der Waals surface area contributed by atoms with Gasteiger partial charge in [-0.05, 0) is 18.9 Å². The van der Waals surface area contributed by atoms with E-state index in [9.17, 15) is 5.11 Å². The fourth-order valence-corrected chi connectivity index (χ4v) is 2.72. The first kappa shape index (κ1) is 17.4. The van der Waals surface area contributed by atoms with Crippen LogP contribution in [-0.2, 0) is 11.3 Å². The van der Waals surface area contributed by atoms with Crippen molar-refractivity contribution in [2.75, 3.05) is 45.9 Å². The van der Waals surface area contributed by atoms with Crippen LogP contribution in [0.2, 0.25) is 0 Å². The maximum absolute atomic E-state index is 10.0. The van der Waals surface area contributed by atoms with Gasteiger partial charge in [0.25, 0.3) is 0 Å². The molecule has 1 fully saturated rings. The number of ether oxygens (including phenoxy) is 1. The molecule has 0 aliphatic carbocycles. The van der Waals surface area contributed by atoms with Gasteiger partial charge in [0.05, 0.1) is 19.3 Å². The molecule has 2 rings (SSSR count). The molecule has 4 nitrogen and oxygen atoms in total. The molecule has 1 aromatic rings. The molecule has 1 saturated heterocycles. The summed E-state index contributed by atoms with van der Waals surface area (Å²) in [6.07, 6.45) is 0.567. The Kier molecular flexibility index (Phi) is 7.33. The van der Waals surface area contributed by atoms with Gasteiger partial charge in [-0.15, -0.1) is 0 Å². The SMILES string of the molecule is CCC(O)CN(CCN1CCOCC1)Cc1ccc(C)cc1. The molecular weight excluding hydrogens is 276 g/mol. The van der Waals surface area contributed by atoms with Crippen molar-refractivity contribution in [1.29, 1.82) is 0 Å².